The molecule has 9 heteroatoms. The number of hydrogen-bond donors (Lipinski definition) is 2. The van der Waals surface area contributed by atoms with Crippen molar-refractivity contribution in [3.8, 4) is 0 Å². The molecule has 3 aromatic rings. The normalized spacial score (nSPS) is 11.1. The van der Waals surface area contributed by atoms with E-state index in [2.05, 4.69) is 20.8 Å². The maximum atomic E-state index is 12.8. The highest BCUT2D eigenvalue weighted by Gasteiger charge is 2.19. The Bertz CT molecular complexity index is 1110. The molecule has 0 radical (unpaired) electrons. The minimum absolute atomic E-state index is 0.207. The molecule has 32 heavy (non-hydrogen) atoms. The fourth-order valence-electron chi connectivity index (χ4n) is 3.18. The van der Waals surface area contributed by atoms with E-state index in [1.807, 2.05) is 51.4 Å². The molecule has 2 amide bonds. The maximum absolute atomic E-state index is 12.8. The second kappa shape index (κ2) is 9.99. The summed E-state index contributed by atoms with van der Waals surface area (Å²) in [6, 6.07) is 7.26. The van der Waals surface area contributed by atoms with Gasteiger partial charge in [0.05, 0.1) is 28.6 Å². The molecule has 2 aromatic heterocycles. The average Bonchev–Trinajstić information content (AvgIpc) is 3.28. The van der Waals surface area contributed by atoms with E-state index in [0.717, 1.165) is 17.0 Å². The first-order valence-electron chi connectivity index (χ1n) is 10.6. The Hall–Kier alpha value is -3.13. The van der Waals surface area contributed by atoms with Crippen molar-refractivity contribution in [2.45, 2.75) is 47.7 Å². The summed E-state index contributed by atoms with van der Waals surface area (Å²) in [5.74, 6) is -0.298. The Labute approximate surface area is 193 Å². The number of benzene rings is 1. The molecule has 3 rings (SSSR count). The Morgan fingerprint density at radius 1 is 1.09 bits per heavy atom. The van der Waals surface area contributed by atoms with Crippen molar-refractivity contribution in [1.29, 1.82) is 0 Å². The molecule has 1 aromatic carbocycles. The summed E-state index contributed by atoms with van der Waals surface area (Å²) in [7, 11) is 0. The number of aromatic nitrogens is 4. The molecular weight excluding hydrogens is 428 g/mol. The molecule has 0 spiro atoms. The molecule has 0 atom stereocenters. The third-order valence-electron chi connectivity index (χ3n) is 5.06. The molecule has 0 fully saturated rings. The molecule has 0 aliphatic heterocycles. The zero-order chi connectivity index (χ0) is 23.4. The third kappa shape index (κ3) is 5.37. The van der Waals surface area contributed by atoms with Gasteiger partial charge in [0.2, 0.25) is 0 Å². The van der Waals surface area contributed by atoms with Gasteiger partial charge in [-0.25, -0.2) is 0 Å². The Morgan fingerprint density at radius 3 is 2.34 bits per heavy atom. The van der Waals surface area contributed by atoms with Crippen LogP contribution in [-0.4, -0.2) is 37.9 Å². The van der Waals surface area contributed by atoms with Crippen LogP contribution < -0.4 is 10.6 Å². The van der Waals surface area contributed by atoms with Crippen molar-refractivity contribution in [1.82, 2.24) is 24.9 Å². The van der Waals surface area contributed by atoms with Crippen LogP contribution in [0, 0.1) is 19.8 Å². The number of rotatable bonds is 8. The van der Waals surface area contributed by atoms with Crippen LogP contribution in [0.15, 0.2) is 30.5 Å². The SMILES string of the molecule is CCn1cc(NC(=O)c2ccc(Cn3nc(C)c(Cl)c3C)cc2)c(C(=O)NCC(C)C)n1. The number of nitrogens with zero attached hydrogens (tertiary/aromatic N) is 4. The predicted octanol–water partition coefficient (Wildman–Crippen LogP) is 4.06. The van der Waals surface area contributed by atoms with E-state index >= 15 is 0 Å². The van der Waals surface area contributed by atoms with E-state index in [4.69, 9.17) is 11.6 Å². The van der Waals surface area contributed by atoms with Gasteiger partial charge in [0.25, 0.3) is 11.8 Å². The minimum Gasteiger partial charge on any atom is -0.350 e. The lowest BCUT2D eigenvalue weighted by molar-refractivity contribution is 0.0944. The van der Waals surface area contributed by atoms with Crippen molar-refractivity contribution < 1.29 is 9.59 Å². The molecule has 2 heterocycles. The summed E-state index contributed by atoms with van der Waals surface area (Å²) in [6.45, 7) is 11.4. The lowest BCUT2D eigenvalue weighted by Gasteiger charge is -2.09. The van der Waals surface area contributed by atoms with Gasteiger partial charge in [0, 0.05) is 24.8 Å². The van der Waals surface area contributed by atoms with Gasteiger partial charge in [-0.3, -0.25) is 19.0 Å². The van der Waals surface area contributed by atoms with E-state index < -0.39 is 0 Å². The first-order valence-corrected chi connectivity index (χ1v) is 11.0. The number of carbonyl (C=O) groups is 2. The van der Waals surface area contributed by atoms with Gasteiger partial charge in [-0.15, -0.1) is 0 Å². The highest BCUT2D eigenvalue weighted by molar-refractivity contribution is 6.31. The number of aryl methyl sites for hydroxylation is 2. The Balaban J connectivity index is 1.72. The monoisotopic (exact) mass is 456 g/mol. The van der Waals surface area contributed by atoms with Crippen molar-refractivity contribution >= 4 is 29.1 Å². The molecule has 170 valence electrons. The summed E-state index contributed by atoms with van der Waals surface area (Å²) >= 11 is 6.22. The fraction of sp³-hybridized carbons (Fsp3) is 0.391. The van der Waals surface area contributed by atoms with Crippen LogP contribution in [0.5, 0.6) is 0 Å². The Kier molecular flexibility index (Phi) is 7.35. The molecule has 0 aliphatic carbocycles. The second-order valence-corrected chi connectivity index (χ2v) is 8.52. The van der Waals surface area contributed by atoms with Gasteiger partial charge >= 0.3 is 0 Å². The molecule has 0 saturated carbocycles. The van der Waals surface area contributed by atoms with Crippen molar-refractivity contribution in [3.05, 3.63) is 63.7 Å². The number of carbonyl (C=O) groups excluding carboxylic acids is 2. The van der Waals surface area contributed by atoms with Crippen LogP contribution in [0.1, 0.15) is 58.6 Å². The van der Waals surface area contributed by atoms with Crippen molar-refractivity contribution in [3.63, 3.8) is 0 Å². The number of hydrogen-bond acceptors (Lipinski definition) is 4. The van der Waals surface area contributed by atoms with Gasteiger partial charge in [-0.1, -0.05) is 37.6 Å². The van der Waals surface area contributed by atoms with Crippen LogP contribution in [0.2, 0.25) is 5.02 Å². The maximum Gasteiger partial charge on any atom is 0.273 e. The number of anilines is 1. The van der Waals surface area contributed by atoms with Crippen molar-refractivity contribution in [2.24, 2.45) is 5.92 Å². The highest BCUT2D eigenvalue weighted by Crippen LogP contribution is 2.20. The summed E-state index contributed by atoms with van der Waals surface area (Å²) in [5.41, 5.74) is 3.77. The van der Waals surface area contributed by atoms with E-state index in [1.54, 1.807) is 23.0 Å². The summed E-state index contributed by atoms with van der Waals surface area (Å²) < 4.78 is 3.47. The smallest absolute Gasteiger partial charge is 0.273 e. The molecular formula is C23H29ClN6O2. The van der Waals surface area contributed by atoms with E-state index in [0.29, 0.717) is 41.8 Å². The minimum atomic E-state index is -0.306. The highest BCUT2D eigenvalue weighted by atomic mass is 35.5. The zero-order valence-corrected chi connectivity index (χ0v) is 19.8. The summed E-state index contributed by atoms with van der Waals surface area (Å²) in [5, 5.41) is 15.1. The topological polar surface area (TPSA) is 93.8 Å². The molecule has 8 nitrogen and oxygen atoms in total. The van der Waals surface area contributed by atoms with Gasteiger partial charge in [-0.05, 0) is 44.4 Å². The third-order valence-corrected chi connectivity index (χ3v) is 5.61. The predicted molar refractivity (Wildman–Crippen MR) is 125 cm³/mol. The van der Waals surface area contributed by atoms with E-state index in [9.17, 15) is 9.59 Å². The average molecular weight is 457 g/mol. The zero-order valence-electron chi connectivity index (χ0n) is 19.1. The number of halogens is 1. The van der Waals surface area contributed by atoms with Gasteiger partial charge < -0.3 is 10.6 Å². The molecule has 0 bridgehead atoms. The van der Waals surface area contributed by atoms with Crippen LogP contribution in [0.4, 0.5) is 5.69 Å². The number of nitrogens with one attached hydrogen (secondary N) is 2. The van der Waals surface area contributed by atoms with Crippen LogP contribution in [-0.2, 0) is 13.1 Å². The molecule has 0 saturated heterocycles. The largest absolute Gasteiger partial charge is 0.350 e. The quantitative estimate of drug-likeness (QED) is 0.534. The van der Waals surface area contributed by atoms with E-state index in [-0.39, 0.29) is 17.5 Å². The molecule has 0 aliphatic rings. The standard InChI is InChI=1S/C23H29ClN6O2/c1-6-29-13-19(21(28-29)23(32)25-11-14(2)3)26-22(31)18-9-7-17(8-10-18)12-30-16(5)20(24)15(4)27-30/h7-10,13-14H,6,11-12H2,1-5H3,(H,25,32)(H,26,31). The van der Waals surface area contributed by atoms with Crippen LogP contribution in [0.25, 0.3) is 0 Å². The lowest BCUT2D eigenvalue weighted by Crippen LogP contribution is -2.28. The van der Waals surface area contributed by atoms with E-state index in [1.165, 1.54) is 0 Å². The summed E-state index contributed by atoms with van der Waals surface area (Å²) in [4.78, 5) is 25.3. The fourth-order valence-corrected chi connectivity index (χ4v) is 3.32. The van der Waals surface area contributed by atoms with Gasteiger partial charge in [0.1, 0.15) is 0 Å². The van der Waals surface area contributed by atoms with Crippen LogP contribution >= 0.6 is 11.6 Å². The second-order valence-electron chi connectivity index (χ2n) is 8.14. The summed E-state index contributed by atoms with van der Waals surface area (Å²) in [6.07, 6.45) is 1.67. The van der Waals surface area contributed by atoms with Gasteiger partial charge in [0.15, 0.2) is 5.69 Å². The molecule has 2 N–H and O–H groups in total. The lowest BCUT2D eigenvalue weighted by atomic mass is 10.1. The Morgan fingerprint density at radius 2 is 1.78 bits per heavy atom. The van der Waals surface area contributed by atoms with Crippen molar-refractivity contribution in [2.75, 3.05) is 11.9 Å². The van der Waals surface area contributed by atoms with Gasteiger partial charge in [-0.2, -0.15) is 10.2 Å². The number of amides is 2. The molecule has 0 unspecified atom stereocenters. The first kappa shape index (κ1) is 23.5. The van der Waals surface area contributed by atoms with Crippen LogP contribution in [0.3, 0.4) is 0 Å². The first-order chi connectivity index (χ1) is 15.2.